The molecule has 0 aromatic heterocycles. The molecule has 0 aromatic carbocycles. The Balaban J connectivity index is 3.81. The molecule has 1 heteroatoms. The predicted octanol–water partition coefficient (Wildman–Crippen LogP) is 3.63. The molecule has 0 aromatic rings. The van der Waals surface area contributed by atoms with Crippen LogP contribution in [0.3, 0.4) is 0 Å². The van der Waals surface area contributed by atoms with E-state index in [9.17, 15) is 0 Å². The summed E-state index contributed by atoms with van der Waals surface area (Å²) >= 11 is 0. The molecule has 0 saturated carbocycles. The molecule has 0 spiro atoms. The van der Waals surface area contributed by atoms with Crippen LogP contribution in [0.4, 0.5) is 0 Å². The van der Waals surface area contributed by atoms with Crippen molar-refractivity contribution in [2.24, 2.45) is 5.92 Å². The number of unbranched alkanes of at least 4 members (excludes halogenated alkanes) is 4. The zero-order valence-electron chi connectivity index (χ0n) is 10.9. The van der Waals surface area contributed by atoms with Crippen molar-refractivity contribution in [3.05, 3.63) is 0 Å². The summed E-state index contributed by atoms with van der Waals surface area (Å²) in [7, 11) is 0. The predicted molar refractivity (Wildman–Crippen MR) is 69.9 cm³/mol. The summed E-state index contributed by atoms with van der Waals surface area (Å²) in [6, 6.07) is 0. The summed E-state index contributed by atoms with van der Waals surface area (Å²) < 4.78 is 5.47. The van der Waals surface area contributed by atoms with Crippen molar-refractivity contribution in [3.63, 3.8) is 0 Å². The van der Waals surface area contributed by atoms with E-state index in [1.807, 2.05) is 0 Å². The Morgan fingerprint density at radius 2 is 1.94 bits per heavy atom. The van der Waals surface area contributed by atoms with Crippen LogP contribution in [0.2, 0.25) is 0 Å². The van der Waals surface area contributed by atoms with Gasteiger partial charge in [-0.3, -0.25) is 0 Å². The van der Waals surface area contributed by atoms with Crippen LogP contribution in [-0.4, -0.2) is 12.7 Å². The zero-order chi connectivity index (χ0) is 12.2. The standard InChI is InChI=1S/C15H24O/c1-5-7-8-9-10-11-12-15(14(3)4)16-13-6-2/h2,14-15H,5,7-10,13H2,1,3-4H3. The van der Waals surface area contributed by atoms with Crippen molar-refractivity contribution in [3.8, 4) is 24.2 Å². The van der Waals surface area contributed by atoms with E-state index >= 15 is 0 Å². The van der Waals surface area contributed by atoms with Crippen LogP contribution in [0.5, 0.6) is 0 Å². The molecular weight excluding hydrogens is 196 g/mol. The van der Waals surface area contributed by atoms with E-state index in [2.05, 4.69) is 38.5 Å². The number of hydrogen-bond donors (Lipinski definition) is 0. The Hall–Kier alpha value is -0.920. The maximum absolute atomic E-state index is 5.47. The van der Waals surface area contributed by atoms with Gasteiger partial charge in [0, 0.05) is 6.42 Å². The first kappa shape index (κ1) is 15.1. The van der Waals surface area contributed by atoms with Crippen molar-refractivity contribution in [2.75, 3.05) is 6.61 Å². The maximum atomic E-state index is 5.47. The number of terminal acetylenes is 1. The summed E-state index contributed by atoms with van der Waals surface area (Å²) in [5, 5.41) is 0. The second-order valence-corrected chi connectivity index (χ2v) is 4.31. The molecule has 0 radical (unpaired) electrons. The molecule has 1 unspecified atom stereocenters. The molecule has 0 rings (SSSR count). The highest BCUT2D eigenvalue weighted by Crippen LogP contribution is 2.06. The van der Waals surface area contributed by atoms with Gasteiger partial charge in [0.2, 0.25) is 0 Å². The summed E-state index contributed by atoms with van der Waals surface area (Å²) in [4.78, 5) is 0. The van der Waals surface area contributed by atoms with Crippen LogP contribution in [0.15, 0.2) is 0 Å². The minimum absolute atomic E-state index is 0.0118. The second kappa shape index (κ2) is 10.6. The Bertz CT molecular complexity index is 249. The maximum Gasteiger partial charge on any atom is 0.121 e. The molecule has 90 valence electrons. The Kier molecular flexibility index (Phi) is 9.98. The molecule has 0 N–H and O–H groups in total. The molecule has 0 amide bonds. The second-order valence-electron chi connectivity index (χ2n) is 4.31. The highest BCUT2D eigenvalue weighted by Gasteiger charge is 2.08. The largest absolute Gasteiger partial charge is 0.353 e. The van der Waals surface area contributed by atoms with E-state index in [0.29, 0.717) is 12.5 Å². The van der Waals surface area contributed by atoms with Crippen molar-refractivity contribution in [2.45, 2.75) is 59.0 Å². The SMILES string of the molecule is C#CCOC(C#CCCCCCC)C(C)C. The lowest BCUT2D eigenvalue weighted by Crippen LogP contribution is -2.17. The Morgan fingerprint density at radius 3 is 2.50 bits per heavy atom. The lowest BCUT2D eigenvalue weighted by molar-refractivity contribution is 0.0864. The van der Waals surface area contributed by atoms with Crippen LogP contribution in [-0.2, 0) is 4.74 Å². The third kappa shape index (κ3) is 8.39. The first-order chi connectivity index (χ1) is 7.72. The average molecular weight is 220 g/mol. The number of rotatable bonds is 7. The normalized spacial score (nSPS) is 11.7. The van der Waals surface area contributed by atoms with Gasteiger partial charge in [-0.25, -0.2) is 0 Å². The lowest BCUT2D eigenvalue weighted by atomic mass is 10.1. The van der Waals surface area contributed by atoms with Crippen molar-refractivity contribution in [1.82, 2.24) is 0 Å². The van der Waals surface area contributed by atoms with E-state index in [4.69, 9.17) is 11.2 Å². The highest BCUT2D eigenvalue weighted by atomic mass is 16.5. The van der Waals surface area contributed by atoms with Crippen LogP contribution >= 0.6 is 0 Å². The van der Waals surface area contributed by atoms with Crippen molar-refractivity contribution in [1.29, 1.82) is 0 Å². The minimum Gasteiger partial charge on any atom is -0.353 e. The fourth-order valence-corrected chi connectivity index (χ4v) is 1.35. The van der Waals surface area contributed by atoms with Crippen molar-refractivity contribution >= 4 is 0 Å². The molecular formula is C15H24O. The first-order valence-electron chi connectivity index (χ1n) is 6.25. The first-order valence-corrected chi connectivity index (χ1v) is 6.25. The third-order valence-corrected chi connectivity index (χ3v) is 2.35. The van der Waals surface area contributed by atoms with Gasteiger partial charge in [-0.15, -0.1) is 12.3 Å². The molecule has 0 aliphatic heterocycles. The number of ether oxygens (including phenoxy) is 1. The third-order valence-electron chi connectivity index (χ3n) is 2.35. The molecule has 0 fully saturated rings. The van der Waals surface area contributed by atoms with E-state index < -0.39 is 0 Å². The molecule has 16 heavy (non-hydrogen) atoms. The smallest absolute Gasteiger partial charge is 0.121 e. The molecule has 1 atom stereocenters. The molecule has 0 saturated heterocycles. The zero-order valence-corrected chi connectivity index (χ0v) is 10.9. The van der Waals surface area contributed by atoms with Gasteiger partial charge in [0.1, 0.15) is 12.7 Å². The van der Waals surface area contributed by atoms with Gasteiger partial charge >= 0.3 is 0 Å². The molecule has 1 nitrogen and oxygen atoms in total. The van der Waals surface area contributed by atoms with Crippen LogP contribution in [0.25, 0.3) is 0 Å². The molecule has 0 heterocycles. The Labute approximate surface area is 101 Å². The molecule has 0 bridgehead atoms. The van der Waals surface area contributed by atoms with Crippen molar-refractivity contribution < 1.29 is 4.74 Å². The topological polar surface area (TPSA) is 9.23 Å². The minimum atomic E-state index is -0.0118. The number of hydrogen-bond acceptors (Lipinski definition) is 1. The van der Waals surface area contributed by atoms with Crippen LogP contribution in [0.1, 0.15) is 52.9 Å². The van der Waals surface area contributed by atoms with Crippen LogP contribution in [0, 0.1) is 30.1 Å². The molecule has 0 aliphatic rings. The summed E-state index contributed by atoms with van der Waals surface area (Å²) in [6.45, 7) is 6.78. The lowest BCUT2D eigenvalue weighted by Gasteiger charge is -2.13. The van der Waals surface area contributed by atoms with E-state index in [0.717, 1.165) is 6.42 Å². The summed E-state index contributed by atoms with van der Waals surface area (Å²) in [6.07, 6.45) is 11.2. The van der Waals surface area contributed by atoms with E-state index in [1.165, 1.54) is 25.7 Å². The monoisotopic (exact) mass is 220 g/mol. The van der Waals surface area contributed by atoms with Gasteiger partial charge in [-0.05, 0) is 12.3 Å². The quantitative estimate of drug-likeness (QED) is 0.470. The Morgan fingerprint density at radius 1 is 1.19 bits per heavy atom. The van der Waals surface area contributed by atoms with Gasteiger partial charge < -0.3 is 4.74 Å². The average Bonchev–Trinajstić information content (AvgIpc) is 2.26. The summed E-state index contributed by atoms with van der Waals surface area (Å²) in [5.74, 6) is 9.24. The van der Waals surface area contributed by atoms with Gasteiger partial charge in [-0.1, -0.05) is 51.9 Å². The van der Waals surface area contributed by atoms with Gasteiger partial charge in [0.25, 0.3) is 0 Å². The van der Waals surface area contributed by atoms with Gasteiger partial charge in [0.05, 0.1) is 0 Å². The molecule has 0 aliphatic carbocycles. The van der Waals surface area contributed by atoms with Crippen LogP contribution < -0.4 is 0 Å². The van der Waals surface area contributed by atoms with E-state index in [-0.39, 0.29) is 6.10 Å². The van der Waals surface area contributed by atoms with Gasteiger partial charge in [0.15, 0.2) is 0 Å². The van der Waals surface area contributed by atoms with Gasteiger partial charge in [-0.2, -0.15) is 0 Å². The highest BCUT2D eigenvalue weighted by molar-refractivity contribution is 5.06. The fraction of sp³-hybridized carbons (Fsp3) is 0.733. The fourth-order valence-electron chi connectivity index (χ4n) is 1.35. The van der Waals surface area contributed by atoms with E-state index in [1.54, 1.807) is 0 Å². The summed E-state index contributed by atoms with van der Waals surface area (Å²) in [5.41, 5.74) is 0.